The Hall–Kier alpha value is -1.06. The number of ether oxygens (including phenoxy) is 2. The van der Waals surface area contributed by atoms with Crippen LogP contribution in [0.15, 0.2) is 0 Å². The van der Waals surface area contributed by atoms with Gasteiger partial charge in [0.1, 0.15) is 6.61 Å². The molecule has 0 aromatic rings. The first-order valence-electron chi connectivity index (χ1n) is 6.77. The van der Waals surface area contributed by atoms with Crippen LogP contribution in [0.5, 0.6) is 0 Å². The third kappa shape index (κ3) is 7.30. The summed E-state index contributed by atoms with van der Waals surface area (Å²) in [6.45, 7) is 8.34. The van der Waals surface area contributed by atoms with Crippen molar-refractivity contribution in [2.24, 2.45) is 5.41 Å². The zero-order valence-corrected chi connectivity index (χ0v) is 12.1. The van der Waals surface area contributed by atoms with E-state index in [1.165, 1.54) is 0 Å². The number of hydrogen-bond acceptors (Lipinski definition) is 4. The van der Waals surface area contributed by atoms with Crippen molar-refractivity contribution < 1.29 is 19.1 Å². The molecule has 0 N–H and O–H groups in total. The van der Waals surface area contributed by atoms with Crippen LogP contribution < -0.4 is 0 Å². The summed E-state index contributed by atoms with van der Waals surface area (Å²) in [5.41, 5.74) is -0.471. The smallest absolute Gasteiger partial charge is 0.311 e. The molecule has 0 aliphatic heterocycles. The van der Waals surface area contributed by atoms with E-state index >= 15 is 0 Å². The summed E-state index contributed by atoms with van der Waals surface area (Å²) in [4.78, 5) is 23.0. The first-order chi connectivity index (χ1) is 8.44. The summed E-state index contributed by atoms with van der Waals surface area (Å²) in [6.07, 6.45) is 3.72. The fraction of sp³-hybridized carbons (Fsp3) is 0.857. The Balaban J connectivity index is 3.77. The molecule has 18 heavy (non-hydrogen) atoms. The highest BCUT2D eigenvalue weighted by molar-refractivity contribution is 5.76. The number of hydrogen-bond donors (Lipinski definition) is 0. The summed E-state index contributed by atoms with van der Waals surface area (Å²) in [6, 6.07) is 0. The summed E-state index contributed by atoms with van der Waals surface area (Å²) in [5, 5.41) is 0. The van der Waals surface area contributed by atoms with Crippen molar-refractivity contribution in [1.82, 2.24) is 0 Å². The van der Waals surface area contributed by atoms with Crippen LogP contribution in [0.1, 0.15) is 59.8 Å². The Kier molecular flexibility index (Phi) is 8.42. The van der Waals surface area contributed by atoms with Crippen molar-refractivity contribution in [1.29, 1.82) is 0 Å². The minimum atomic E-state index is -0.471. The molecule has 0 aliphatic rings. The van der Waals surface area contributed by atoms with Gasteiger partial charge in [-0.1, -0.05) is 26.7 Å². The second-order valence-electron chi connectivity index (χ2n) is 5.09. The second kappa shape index (κ2) is 8.95. The van der Waals surface area contributed by atoms with Gasteiger partial charge in [0, 0.05) is 0 Å². The molecule has 0 saturated heterocycles. The predicted molar refractivity (Wildman–Crippen MR) is 70.1 cm³/mol. The Morgan fingerprint density at radius 3 is 2.22 bits per heavy atom. The fourth-order valence-corrected chi connectivity index (χ4v) is 1.55. The van der Waals surface area contributed by atoms with E-state index in [1.54, 1.807) is 0 Å². The van der Waals surface area contributed by atoms with Gasteiger partial charge in [-0.3, -0.25) is 9.59 Å². The molecule has 0 aromatic heterocycles. The zero-order valence-electron chi connectivity index (χ0n) is 12.1. The average molecular weight is 258 g/mol. The highest BCUT2D eigenvalue weighted by Crippen LogP contribution is 2.23. The van der Waals surface area contributed by atoms with Crippen LogP contribution in [0.4, 0.5) is 0 Å². The molecule has 0 atom stereocenters. The molecular weight excluding hydrogens is 232 g/mol. The lowest BCUT2D eigenvalue weighted by Crippen LogP contribution is -2.27. The van der Waals surface area contributed by atoms with Gasteiger partial charge in [0.2, 0.25) is 0 Å². The van der Waals surface area contributed by atoms with Crippen molar-refractivity contribution in [3.05, 3.63) is 0 Å². The van der Waals surface area contributed by atoms with Crippen LogP contribution in [-0.4, -0.2) is 25.2 Å². The van der Waals surface area contributed by atoms with Gasteiger partial charge in [0.25, 0.3) is 0 Å². The van der Waals surface area contributed by atoms with E-state index in [4.69, 9.17) is 9.47 Å². The first kappa shape index (κ1) is 16.9. The molecule has 0 saturated carbocycles. The van der Waals surface area contributed by atoms with Crippen LogP contribution in [0, 0.1) is 5.41 Å². The van der Waals surface area contributed by atoms with Crippen LogP contribution >= 0.6 is 0 Å². The standard InChI is InChI=1S/C14H26O4/c1-5-7-10-17-12(15)8-11-18-13(16)14(3,4)9-6-2/h5-11H2,1-4H3. The quantitative estimate of drug-likeness (QED) is 0.471. The summed E-state index contributed by atoms with van der Waals surface area (Å²) in [7, 11) is 0. The molecular formula is C14H26O4. The molecule has 4 nitrogen and oxygen atoms in total. The molecule has 4 heteroatoms. The van der Waals surface area contributed by atoms with E-state index in [2.05, 4.69) is 0 Å². The van der Waals surface area contributed by atoms with E-state index in [0.29, 0.717) is 6.61 Å². The summed E-state index contributed by atoms with van der Waals surface area (Å²) in [5.74, 6) is -0.546. The number of unbranched alkanes of at least 4 members (excludes halogenated alkanes) is 1. The minimum Gasteiger partial charge on any atom is -0.466 e. The third-order valence-corrected chi connectivity index (χ3v) is 2.73. The zero-order chi connectivity index (χ0) is 14.0. The van der Waals surface area contributed by atoms with E-state index < -0.39 is 5.41 Å². The van der Waals surface area contributed by atoms with Gasteiger partial charge in [-0.2, -0.15) is 0 Å². The van der Waals surface area contributed by atoms with Gasteiger partial charge in [0.05, 0.1) is 18.4 Å². The van der Waals surface area contributed by atoms with Gasteiger partial charge in [0.15, 0.2) is 0 Å². The van der Waals surface area contributed by atoms with E-state index in [9.17, 15) is 9.59 Å². The maximum absolute atomic E-state index is 11.7. The highest BCUT2D eigenvalue weighted by Gasteiger charge is 2.28. The molecule has 0 heterocycles. The van der Waals surface area contributed by atoms with Crippen LogP contribution in [-0.2, 0) is 19.1 Å². The third-order valence-electron chi connectivity index (χ3n) is 2.73. The van der Waals surface area contributed by atoms with Crippen LogP contribution in [0.3, 0.4) is 0 Å². The Morgan fingerprint density at radius 2 is 1.67 bits per heavy atom. The van der Waals surface area contributed by atoms with Crippen molar-refractivity contribution >= 4 is 11.9 Å². The summed E-state index contributed by atoms with van der Waals surface area (Å²) < 4.78 is 10.1. The summed E-state index contributed by atoms with van der Waals surface area (Å²) >= 11 is 0. The fourth-order valence-electron chi connectivity index (χ4n) is 1.55. The van der Waals surface area contributed by atoms with Gasteiger partial charge in [-0.15, -0.1) is 0 Å². The molecule has 0 aromatic carbocycles. The molecule has 0 rings (SSSR count). The highest BCUT2D eigenvalue weighted by atomic mass is 16.5. The normalized spacial score (nSPS) is 11.1. The monoisotopic (exact) mass is 258 g/mol. The van der Waals surface area contributed by atoms with Crippen molar-refractivity contribution in [3.8, 4) is 0 Å². The molecule has 0 bridgehead atoms. The first-order valence-corrected chi connectivity index (χ1v) is 6.77. The van der Waals surface area contributed by atoms with Crippen molar-refractivity contribution in [2.75, 3.05) is 13.2 Å². The van der Waals surface area contributed by atoms with E-state index in [1.807, 2.05) is 27.7 Å². The topological polar surface area (TPSA) is 52.6 Å². The lowest BCUT2D eigenvalue weighted by atomic mass is 9.88. The van der Waals surface area contributed by atoms with Gasteiger partial charge >= 0.3 is 11.9 Å². The maximum Gasteiger partial charge on any atom is 0.311 e. The van der Waals surface area contributed by atoms with Crippen molar-refractivity contribution in [3.63, 3.8) is 0 Å². The van der Waals surface area contributed by atoms with E-state index in [0.717, 1.165) is 25.7 Å². The number of carbonyl (C=O) groups excluding carboxylic acids is 2. The SMILES string of the molecule is CCCCOC(=O)CCOC(=O)C(C)(C)CCC. The number of rotatable bonds is 9. The average Bonchev–Trinajstić information content (AvgIpc) is 2.29. The van der Waals surface area contributed by atoms with Crippen LogP contribution in [0.25, 0.3) is 0 Å². The molecule has 106 valence electrons. The lowest BCUT2D eigenvalue weighted by molar-refractivity contribution is -0.156. The molecule has 0 aliphatic carbocycles. The minimum absolute atomic E-state index is 0.108. The van der Waals surface area contributed by atoms with Gasteiger partial charge in [-0.25, -0.2) is 0 Å². The second-order valence-corrected chi connectivity index (χ2v) is 5.09. The van der Waals surface area contributed by atoms with Gasteiger partial charge in [-0.05, 0) is 26.7 Å². The van der Waals surface area contributed by atoms with Crippen molar-refractivity contribution in [2.45, 2.75) is 59.8 Å². The lowest BCUT2D eigenvalue weighted by Gasteiger charge is -2.21. The molecule has 0 fully saturated rings. The molecule has 0 amide bonds. The Morgan fingerprint density at radius 1 is 1.00 bits per heavy atom. The number of carbonyl (C=O) groups is 2. The Labute approximate surface area is 110 Å². The molecule has 0 unspecified atom stereocenters. The maximum atomic E-state index is 11.7. The van der Waals surface area contributed by atoms with Gasteiger partial charge < -0.3 is 9.47 Å². The predicted octanol–water partition coefficient (Wildman–Crippen LogP) is 3.09. The van der Waals surface area contributed by atoms with E-state index in [-0.39, 0.29) is 25.0 Å². The number of esters is 2. The largest absolute Gasteiger partial charge is 0.466 e. The molecule has 0 radical (unpaired) electrons. The Bertz CT molecular complexity index is 259. The van der Waals surface area contributed by atoms with Crippen LogP contribution in [0.2, 0.25) is 0 Å². The molecule has 0 spiro atoms.